The number of carbonyl (C=O) groups is 4. The van der Waals surface area contributed by atoms with Gasteiger partial charge in [-0.2, -0.15) is 0 Å². The number of benzene rings is 1. The first kappa shape index (κ1) is 38.5. The molecule has 12 heteroatoms. The Kier molecular flexibility index (Phi) is 21.8. The molecule has 0 radical (unpaired) electrons. The molecule has 0 heterocycles. The number of hydrogen-bond acceptors (Lipinski definition) is 9. The van der Waals surface area contributed by atoms with E-state index in [0.29, 0.717) is 71.5 Å². The van der Waals surface area contributed by atoms with E-state index in [4.69, 9.17) is 21.9 Å². The van der Waals surface area contributed by atoms with Gasteiger partial charge >= 0.3 is 5.97 Å². The van der Waals surface area contributed by atoms with E-state index in [1.807, 2.05) is 30.3 Å². The van der Waals surface area contributed by atoms with Crippen LogP contribution in [0.3, 0.4) is 0 Å². The molecule has 1 aromatic carbocycles. The molecule has 0 spiro atoms. The SMILES string of the molecule is C=C(CCCCN)NCCN(CCNC(=O)CCCCN)C(=O)CC[C@H](NC(=O)CCCCN)C(=O)OCc1ccccc1. The molecule has 248 valence electrons. The third-order valence-corrected chi connectivity index (χ3v) is 6.95. The Morgan fingerprint density at radius 3 is 1.93 bits per heavy atom. The van der Waals surface area contributed by atoms with Gasteiger partial charge in [0.1, 0.15) is 12.6 Å². The van der Waals surface area contributed by atoms with Gasteiger partial charge in [-0.25, -0.2) is 4.79 Å². The molecule has 0 unspecified atom stereocenters. The van der Waals surface area contributed by atoms with Crippen LogP contribution in [-0.2, 0) is 30.5 Å². The average Bonchev–Trinajstić information content (AvgIpc) is 3.01. The fraction of sp³-hybridized carbons (Fsp3) is 0.625. The van der Waals surface area contributed by atoms with Crippen molar-refractivity contribution in [2.75, 3.05) is 45.8 Å². The second-order valence-electron chi connectivity index (χ2n) is 10.8. The maximum absolute atomic E-state index is 13.4. The highest BCUT2D eigenvalue weighted by molar-refractivity contribution is 5.85. The third-order valence-electron chi connectivity index (χ3n) is 6.95. The molecule has 12 nitrogen and oxygen atoms in total. The maximum Gasteiger partial charge on any atom is 0.328 e. The fourth-order valence-corrected chi connectivity index (χ4v) is 4.35. The maximum atomic E-state index is 13.4. The number of esters is 1. The fourth-order valence-electron chi connectivity index (χ4n) is 4.35. The molecule has 9 N–H and O–H groups in total. The molecule has 0 aliphatic carbocycles. The Bertz CT molecular complexity index is 949. The van der Waals surface area contributed by atoms with Crippen LogP contribution in [0.5, 0.6) is 0 Å². The van der Waals surface area contributed by atoms with Crippen LogP contribution in [0.4, 0.5) is 0 Å². The van der Waals surface area contributed by atoms with E-state index in [2.05, 4.69) is 22.5 Å². The summed E-state index contributed by atoms with van der Waals surface area (Å²) in [6.45, 7) is 7.21. The lowest BCUT2D eigenvalue weighted by atomic mass is 10.1. The third kappa shape index (κ3) is 18.9. The van der Waals surface area contributed by atoms with Crippen molar-refractivity contribution in [3.63, 3.8) is 0 Å². The summed E-state index contributed by atoms with van der Waals surface area (Å²) in [6.07, 6.45) is 6.12. The average molecular weight is 618 g/mol. The zero-order valence-corrected chi connectivity index (χ0v) is 26.3. The predicted molar refractivity (Wildman–Crippen MR) is 173 cm³/mol. The minimum Gasteiger partial charge on any atom is -0.459 e. The van der Waals surface area contributed by atoms with Crippen LogP contribution in [0.2, 0.25) is 0 Å². The molecule has 0 aliphatic heterocycles. The van der Waals surface area contributed by atoms with Gasteiger partial charge in [-0.15, -0.1) is 0 Å². The highest BCUT2D eigenvalue weighted by Gasteiger charge is 2.25. The number of unbranched alkanes of at least 4 members (excludes halogenated alkanes) is 3. The molecule has 44 heavy (non-hydrogen) atoms. The lowest BCUT2D eigenvalue weighted by molar-refractivity contribution is -0.149. The van der Waals surface area contributed by atoms with E-state index in [0.717, 1.165) is 36.9 Å². The van der Waals surface area contributed by atoms with E-state index in [1.54, 1.807) is 4.90 Å². The summed E-state index contributed by atoms with van der Waals surface area (Å²) < 4.78 is 5.49. The van der Waals surface area contributed by atoms with Gasteiger partial charge in [0.25, 0.3) is 0 Å². The summed E-state index contributed by atoms with van der Waals surface area (Å²) >= 11 is 0. The highest BCUT2D eigenvalue weighted by atomic mass is 16.5. The van der Waals surface area contributed by atoms with Gasteiger partial charge in [0.15, 0.2) is 0 Å². The number of amides is 3. The Morgan fingerprint density at radius 2 is 1.32 bits per heavy atom. The molecule has 1 aromatic rings. The summed E-state index contributed by atoms with van der Waals surface area (Å²) in [5.41, 5.74) is 18.3. The quantitative estimate of drug-likeness (QED) is 0.0658. The molecule has 0 fully saturated rings. The van der Waals surface area contributed by atoms with Crippen molar-refractivity contribution in [3.8, 4) is 0 Å². The smallest absolute Gasteiger partial charge is 0.328 e. The molecule has 0 bridgehead atoms. The summed E-state index contributed by atoms with van der Waals surface area (Å²) in [5, 5.41) is 8.87. The van der Waals surface area contributed by atoms with Gasteiger partial charge in [-0.1, -0.05) is 36.9 Å². The van der Waals surface area contributed by atoms with Gasteiger partial charge in [0.05, 0.1) is 0 Å². The van der Waals surface area contributed by atoms with Crippen LogP contribution in [0.25, 0.3) is 0 Å². The molecule has 0 saturated carbocycles. The normalized spacial score (nSPS) is 11.3. The zero-order valence-electron chi connectivity index (χ0n) is 26.3. The van der Waals surface area contributed by atoms with Crippen molar-refractivity contribution in [1.29, 1.82) is 0 Å². The number of nitrogens with zero attached hydrogens (tertiary/aromatic N) is 1. The Balaban J connectivity index is 2.81. The van der Waals surface area contributed by atoms with E-state index >= 15 is 0 Å². The number of carbonyl (C=O) groups excluding carboxylic acids is 4. The van der Waals surface area contributed by atoms with Gasteiger partial charge in [-0.05, 0) is 76.6 Å². The first-order valence-corrected chi connectivity index (χ1v) is 15.9. The molecule has 0 aliphatic rings. The Labute approximate surface area is 262 Å². The van der Waals surface area contributed by atoms with Crippen molar-refractivity contribution >= 4 is 23.7 Å². The van der Waals surface area contributed by atoms with E-state index < -0.39 is 12.0 Å². The largest absolute Gasteiger partial charge is 0.459 e. The molecule has 1 rings (SSSR count). The minimum absolute atomic E-state index is 0.01000. The van der Waals surface area contributed by atoms with Gasteiger partial charge in [0.2, 0.25) is 17.7 Å². The number of nitrogens with one attached hydrogen (secondary N) is 3. The van der Waals surface area contributed by atoms with Crippen LogP contribution >= 0.6 is 0 Å². The van der Waals surface area contributed by atoms with Gasteiger partial charge < -0.3 is 42.8 Å². The van der Waals surface area contributed by atoms with Crippen LogP contribution < -0.4 is 33.2 Å². The summed E-state index contributed by atoms with van der Waals surface area (Å²) in [5.74, 6) is -1.17. The lowest BCUT2D eigenvalue weighted by Gasteiger charge is -2.25. The summed E-state index contributed by atoms with van der Waals surface area (Å²) in [4.78, 5) is 52.8. The monoisotopic (exact) mass is 617 g/mol. The number of nitrogens with two attached hydrogens (primary N) is 3. The number of rotatable bonds is 26. The number of hydrogen-bond donors (Lipinski definition) is 6. The van der Waals surface area contributed by atoms with E-state index in [9.17, 15) is 19.2 Å². The van der Waals surface area contributed by atoms with E-state index in [-0.39, 0.29) is 43.6 Å². The van der Waals surface area contributed by atoms with Crippen molar-refractivity contribution < 1.29 is 23.9 Å². The van der Waals surface area contributed by atoms with Crippen molar-refractivity contribution in [2.45, 2.75) is 83.3 Å². The Hall–Kier alpha value is -3.48. The minimum atomic E-state index is -0.974. The summed E-state index contributed by atoms with van der Waals surface area (Å²) in [7, 11) is 0. The van der Waals surface area contributed by atoms with Crippen LogP contribution in [0.15, 0.2) is 42.6 Å². The van der Waals surface area contributed by atoms with Crippen molar-refractivity contribution in [1.82, 2.24) is 20.9 Å². The zero-order chi connectivity index (χ0) is 32.4. The van der Waals surface area contributed by atoms with Gasteiger partial charge in [0, 0.05) is 51.1 Å². The van der Waals surface area contributed by atoms with Crippen LogP contribution in [-0.4, -0.2) is 80.4 Å². The second kappa shape index (κ2) is 24.9. The first-order chi connectivity index (χ1) is 21.3. The highest BCUT2D eigenvalue weighted by Crippen LogP contribution is 2.09. The van der Waals surface area contributed by atoms with Crippen LogP contribution in [0.1, 0.15) is 76.2 Å². The molecule has 1 atom stereocenters. The predicted octanol–water partition coefficient (Wildman–Crippen LogP) is 1.43. The topological polar surface area (TPSA) is 195 Å². The molecular weight excluding hydrogens is 562 g/mol. The van der Waals surface area contributed by atoms with Crippen molar-refractivity contribution in [2.24, 2.45) is 17.2 Å². The standard InChI is InChI=1S/C32H55N7O5/c1-26(11-5-8-18-33)36-21-23-39(24-22-37-29(40)14-6-9-19-34)31(42)17-16-28(38-30(41)15-7-10-20-35)32(43)44-25-27-12-3-2-4-13-27/h2-4,12-13,28,36H,1,5-11,14-25,33-35H2,(H,37,40)(H,38,41)/t28-/m0/s1. The Morgan fingerprint density at radius 1 is 0.750 bits per heavy atom. The first-order valence-electron chi connectivity index (χ1n) is 15.9. The lowest BCUT2D eigenvalue weighted by Crippen LogP contribution is -2.44. The molecular formula is C32H55N7O5. The number of ether oxygens (including phenoxy) is 1. The molecule has 0 saturated heterocycles. The van der Waals surface area contributed by atoms with Gasteiger partial charge in [-0.3, -0.25) is 14.4 Å². The second-order valence-corrected chi connectivity index (χ2v) is 10.8. The van der Waals surface area contributed by atoms with Crippen molar-refractivity contribution in [3.05, 3.63) is 48.2 Å². The molecule has 0 aromatic heterocycles. The molecule has 3 amide bonds. The van der Waals surface area contributed by atoms with E-state index in [1.165, 1.54) is 0 Å². The van der Waals surface area contributed by atoms with Crippen LogP contribution in [0, 0.1) is 0 Å². The number of allylic oxidation sites excluding steroid dienone is 1. The summed E-state index contributed by atoms with van der Waals surface area (Å²) in [6, 6.07) is 8.27.